The lowest BCUT2D eigenvalue weighted by molar-refractivity contribution is 0.413. The highest BCUT2D eigenvalue weighted by Crippen LogP contribution is 2.33. The molecule has 7 heteroatoms. The fraction of sp³-hybridized carbons (Fsp3) is 0.261. The number of hydrogen-bond acceptors (Lipinski definition) is 5. The molecule has 6 nitrogen and oxygen atoms in total. The Labute approximate surface area is 179 Å². The van der Waals surface area contributed by atoms with Gasteiger partial charge < -0.3 is 9.30 Å². The molecule has 4 heterocycles. The number of nitrogens with zero attached hydrogens (tertiary/aromatic N) is 5. The predicted octanol–water partition coefficient (Wildman–Crippen LogP) is 4.94. The van der Waals surface area contributed by atoms with Crippen LogP contribution in [0.3, 0.4) is 0 Å². The molecular weight excluding hydrogens is 394 g/mol. The second-order valence-corrected chi connectivity index (χ2v) is 8.27. The van der Waals surface area contributed by atoms with Gasteiger partial charge in [0.15, 0.2) is 5.82 Å². The first-order chi connectivity index (χ1) is 14.7. The van der Waals surface area contributed by atoms with Crippen molar-refractivity contribution in [2.75, 3.05) is 7.11 Å². The highest BCUT2D eigenvalue weighted by atomic mass is 32.1. The molecule has 0 amide bonds. The largest absolute Gasteiger partial charge is 0.495 e. The van der Waals surface area contributed by atoms with Gasteiger partial charge in [0.2, 0.25) is 0 Å². The van der Waals surface area contributed by atoms with Crippen molar-refractivity contribution in [2.45, 2.75) is 32.2 Å². The molecule has 0 aliphatic carbocycles. The summed E-state index contributed by atoms with van der Waals surface area (Å²) >= 11 is 1.74. The molecule has 152 valence electrons. The van der Waals surface area contributed by atoms with Crippen LogP contribution >= 0.6 is 11.3 Å². The maximum atomic E-state index is 5.61. The number of fused-ring (bicyclic) bond motifs is 1. The Balaban J connectivity index is 1.41. The van der Waals surface area contributed by atoms with Gasteiger partial charge >= 0.3 is 0 Å². The first kappa shape index (κ1) is 18.8. The minimum atomic E-state index is 0.345. The summed E-state index contributed by atoms with van der Waals surface area (Å²) in [5.74, 6) is 2.96. The predicted molar refractivity (Wildman–Crippen MR) is 119 cm³/mol. The molecule has 1 aliphatic heterocycles. The van der Waals surface area contributed by atoms with E-state index in [9.17, 15) is 0 Å². The number of rotatable bonds is 5. The van der Waals surface area contributed by atoms with Crippen LogP contribution in [0.15, 0.2) is 47.5 Å². The first-order valence-corrected chi connectivity index (χ1v) is 11.0. The summed E-state index contributed by atoms with van der Waals surface area (Å²) in [7, 11) is 1.69. The molecule has 0 fully saturated rings. The van der Waals surface area contributed by atoms with Crippen LogP contribution in [0.1, 0.15) is 47.2 Å². The molecule has 0 unspecified atom stereocenters. The second-order valence-electron chi connectivity index (χ2n) is 7.49. The molecule has 30 heavy (non-hydrogen) atoms. The Bertz CT molecular complexity index is 1190. The first-order valence-electron chi connectivity index (χ1n) is 10.0. The van der Waals surface area contributed by atoms with Crippen LogP contribution in [-0.4, -0.2) is 31.4 Å². The fourth-order valence-electron chi connectivity index (χ4n) is 3.96. The molecule has 0 bridgehead atoms. The fourth-order valence-corrected chi connectivity index (χ4v) is 4.68. The van der Waals surface area contributed by atoms with Crippen LogP contribution in [-0.2, 0) is 6.54 Å². The summed E-state index contributed by atoms with van der Waals surface area (Å²) in [5, 5.41) is 9.07. The molecule has 0 N–H and O–H groups in total. The van der Waals surface area contributed by atoms with Crippen LogP contribution in [0.25, 0.3) is 17.8 Å². The molecule has 0 saturated carbocycles. The van der Waals surface area contributed by atoms with E-state index in [1.807, 2.05) is 42.0 Å². The van der Waals surface area contributed by atoms with E-state index in [0.29, 0.717) is 5.92 Å². The van der Waals surface area contributed by atoms with Crippen molar-refractivity contribution in [1.29, 1.82) is 0 Å². The van der Waals surface area contributed by atoms with Gasteiger partial charge in [0.25, 0.3) is 0 Å². The van der Waals surface area contributed by atoms with Crippen molar-refractivity contribution >= 4 is 23.5 Å². The van der Waals surface area contributed by atoms with E-state index in [1.165, 1.54) is 5.56 Å². The zero-order valence-electron chi connectivity index (χ0n) is 17.0. The lowest BCUT2D eigenvalue weighted by atomic mass is 9.93. The van der Waals surface area contributed by atoms with Gasteiger partial charge in [-0.05, 0) is 65.9 Å². The third kappa shape index (κ3) is 3.57. The van der Waals surface area contributed by atoms with Gasteiger partial charge in [0.1, 0.15) is 11.6 Å². The summed E-state index contributed by atoms with van der Waals surface area (Å²) in [6.07, 6.45) is 10.1. The van der Waals surface area contributed by atoms with E-state index in [0.717, 1.165) is 53.7 Å². The van der Waals surface area contributed by atoms with E-state index in [4.69, 9.17) is 14.8 Å². The smallest absolute Gasteiger partial charge is 0.174 e. The number of ether oxygens (including phenoxy) is 1. The SMILES string of the molecule is COc1cc(C=Cc2nc3n(n2)CCC[C@@H]3c2ccsc2)ccc1-n1cnc(C)c1. The van der Waals surface area contributed by atoms with Crippen molar-refractivity contribution in [3.05, 3.63) is 76.0 Å². The van der Waals surface area contributed by atoms with Crippen LogP contribution in [0.4, 0.5) is 0 Å². The van der Waals surface area contributed by atoms with Gasteiger partial charge in [-0.3, -0.25) is 0 Å². The molecule has 0 radical (unpaired) electrons. The number of aromatic nitrogens is 5. The summed E-state index contributed by atoms with van der Waals surface area (Å²) in [6.45, 7) is 2.91. The standard InChI is InChI=1S/C23H23N5OS/c1-16-13-27(15-24-16)20-7-5-17(12-21(20)29-2)6-8-22-25-23-19(18-9-11-30-14-18)4-3-10-28(23)26-22/h5-9,11-15,19H,3-4,10H2,1-2H3/t19-/m1/s1. The Morgan fingerprint density at radius 1 is 1.23 bits per heavy atom. The summed E-state index contributed by atoms with van der Waals surface area (Å²) < 4.78 is 9.64. The molecule has 1 aromatic carbocycles. The van der Waals surface area contributed by atoms with Crippen LogP contribution in [0.5, 0.6) is 5.75 Å². The third-order valence-corrected chi connectivity index (χ3v) is 6.16. The molecule has 0 spiro atoms. The third-order valence-electron chi connectivity index (χ3n) is 5.46. The molecule has 1 atom stereocenters. The normalized spacial score (nSPS) is 16.1. The number of benzene rings is 1. The van der Waals surface area contributed by atoms with E-state index in [-0.39, 0.29) is 0 Å². The summed E-state index contributed by atoms with van der Waals surface area (Å²) in [6, 6.07) is 8.32. The highest BCUT2D eigenvalue weighted by Gasteiger charge is 2.25. The van der Waals surface area contributed by atoms with Gasteiger partial charge in [-0.1, -0.05) is 12.1 Å². The molecule has 1 aliphatic rings. The Hall–Kier alpha value is -3.19. The van der Waals surface area contributed by atoms with Gasteiger partial charge in [0, 0.05) is 18.7 Å². The quantitative estimate of drug-likeness (QED) is 0.462. The van der Waals surface area contributed by atoms with Crippen LogP contribution < -0.4 is 4.74 Å². The number of aryl methyl sites for hydroxylation is 2. The van der Waals surface area contributed by atoms with E-state index in [1.54, 1.807) is 24.8 Å². The lowest BCUT2D eigenvalue weighted by Crippen LogP contribution is -2.17. The molecular formula is C23H23N5OS. The average molecular weight is 418 g/mol. The van der Waals surface area contributed by atoms with Crippen molar-refractivity contribution < 1.29 is 4.74 Å². The van der Waals surface area contributed by atoms with Gasteiger partial charge in [-0.25, -0.2) is 14.6 Å². The average Bonchev–Trinajstić information content (AvgIpc) is 3.52. The van der Waals surface area contributed by atoms with E-state index >= 15 is 0 Å². The van der Waals surface area contributed by atoms with Gasteiger partial charge in [-0.15, -0.1) is 0 Å². The van der Waals surface area contributed by atoms with Gasteiger partial charge in [0.05, 0.1) is 24.8 Å². The topological polar surface area (TPSA) is 57.8 Å². The van der Waals surface area contributed by atoms with Crippen molar-refractivity contribution in [3.63, 3.8) is 0 Å². The summed E-state index contributed by atoms with van der Waals surface area (Å²) in [4.78, 5) is 9.14. The van der Waals surface area contributed by atoms with Gasteiger partial charge in [-0.2, -0.15) is 16.4 Å². The van der Waals surface area contributed by atoms with Crippen molar-refractivity contribution in [3.8, 4) is 11.4 Å². The number of thiophene rings is 1. The zero-order valence-corrected chi connectivity index (χ0v) is 17.8. The zero-order chi connectivity index (χ0) is 20.5. The molecule has 5 rings (SSSR count). The van der Waals surface area contributed by atoms with Crippen LogP contribution in [0, 0.1) is 6.92 Å². The molecule has 0 saturated heterocycles. The monoisotopic (exact) mass is 417 g/mol. The van der Waals surface area contributed by atoms with Crippen molar-refractivity contribution in [2.24, 2.45) is 0 Å². The molecule has 3 aromatic heterocycles. The van der Waals surface area contributed by atoms with Crippen LogP contribution in [0.2, 0.25) is 0 Å². The number of imidazole rings is 1. The number of methoxy groups -OCH3 is 1. The maximum absolute atomic E-state index is 5.61. The lowest BCUT2D eigenvalue weighted by Gasteiger charge is -2.21. The minimum Gasteiger partial charge on any atom is -0.495 e. The van der Waals surface area contributed by atoms with E-state index in [2.05, 4.69) is 32.6 Å². The Morgan fingerprint density at radius 2 is 2.17 bits per heavy atom. The second kappa shape index (κ2) is 7.91. The molecule has 4 aromatic rings. The maximum Gasteiger partial charge on any atom is 0.174 e. The van der Waals surface area contributed by atoms with Crippen molar-refractivity contribution in [1.82, 2.24) is 24.3 Å². The Morgan fingerprint density at radius 3 is 2.93 bits per heavy atom. The Kier molecular flexibility index (Phi) is 4.96. The minimum absolute atomic E-state index is 0.345. The summed E-state index contributed by atoms with van der Waals surface area (Å²) in [5.41, 5.74) is 4.31. The number of hydrogen-bond donors (Lipinski definition) is 0. The highest BCUT2D eigenvalue weighted by molar-refractivity contribution is 7.08. The van der Waals surface area contributed by atoms with E-state index < -0.39 is 0 Å².